The quantitative estimate of drug-likeness (QED) is 0.216. The summed E-state index contributed by atoms with van der Waals surface area (Å²) in [6.45, 7) is 1.77. The second kappa shape index (κ2) is 9.60. The van der Waals surface area contributed by atoms with Gasteiger partial charge in [-0.25, -0.2) is 9.78 Å². The summed E-state index contributed by atoms with van der Waals surface area (Å²) < 4.78 is 19.6. The number of para-hydroxylation sites is 2. The molecule has 3 heterocycles. The highest BCUT2D eigenvalue weighted by Crippen LogP contribution is 2.33. The van der Waals surface area contributed by atoms with Crippen molar-refractivity contribution in [2.75, 3.05) is 14.2 Å². The summed E-state index contributed by atoms with van der Waals surface area (Å²) in [7, 11) is 2.95. The van der Waals surface area contributed by atoms with E-state index in [-0.39, 0.29) is 17.4 Å². The van der Waals surface area contributed by atoms with E-state index in [2.05, 4.69) is 5.10 Å². The van der Waals surface area contributed by atoms with Crippen LogP contribution in [0.1, 0.15) is 18.5 Å². The zero-order valence-electron chi connectivity index (χ0n) is 21.5. The first-order chi connectivity index (χ1) is 19.0. The van der Waals surface area contributed by atoms with Gasteiger partial charge in [0.15, 0.2) is 5.76 Å². The Morgan fingerprint density at radius 1 is 1.00 bits per heavy atom. The molecule has 39 heavy (non-hydrogen) atoms. The third-order valence-corrected chi connectivity index (χ3v) is 6.76. The average Bonchev–Trinajstić information content (AvgIpc) is 3.58. The Morgan fingerprint density at radius 2 is 1.77 bits per heavy atom. The van der Waals surface area contributed by atoms with E-state index in [1.54, 1.807) is 44.5 Å². The Morgan fingerprint density at radius 3 is 2.56 bits per heavy atom. The van der Waals surface area contributed by atoms with Crippen molar-refractivity contribution in [1.29, 1.82) is 0 Å². The van der Waals surface area contributed by atoms with Crippen molar-refractivity contribution in [3.8, 4) is 17.3 Å². The molecule has 0 fully saturated rings. The van der Waals surface area contributed by atoms with Gasteiger partial charge in [0, 0.05) is 22.7 Å². The molecule has 1 atom stereocenters. The molecule has 0 amide bonds. The average molecular weight is 521 g/mol. The van der Waals surface area contributed by atoms with Gasteiger partial charge in [-0.3, -0.25) is 4.79 Å². The smallest absolute Gasteiger partial charge is 0.328 e. The molecule has 9 heteroatoms. The molecule has 0 saturated heterocycles. The van der Waals surface area contributed by atoms with Crippen LogP contribution in [0.4, 0.5) is 0 Å². The topological polar surface area (TPSA) is 101 Å². The molecule has 0 aliphatic carbocycles. The SMILES string of the molecule is COC(=O)[C@H](C)n1cc(C=Nn2c(-c3cc4c(OC)cccc4o3)nc3ccccc3c2=O)c2ccccc21. The Kier molecular flexibility index (Phi) is 5.95. The van der Waals surface area contributed by atoms with Gasteiger partial charge in [-0.15, -0.1) is 0 Å². The number of methoxy groups -OCH3 is 2. The van der Waals surface area contributed by atoms with Crippen molar-refractivity contribution in [2.24, 2.45) is 5.10 Å². The van der Waals surface area contributed by atoms with E-state index in [4.69, 9.17) is 18.9 Å². The van der Waals surface area contributed by atoms with Crippen LogP contribution in [0.15, 0.2) is 93.3 Å². The maximum atomic E-state index is 13.7. The van der Waals surface area contributed by atoms with E-state index >= 15 is 0 Å². The first-order valence-corrected chi connectivity index (χ1v) is 12.3. The summed E-state index contributed by atoms with van der Waals surface area (Å²) in [6.07, 6.45) is 3.41. The summed E-state index contributed by atoms with van der Waals surface area (Å²) in [5.74, 6) is 0.904. The number of nitrogens with zero attached hydrogens (tertiary/aromatic N) is 4. The third kappa shape index (κ3) is 4.04. The molecule has 0 spiro atoms. The lowest BCUT2D eigenvalue weighted by atomic mass is 10.2. The summed E-state index contributed by atoms with van der Waals surface area (Å²) >= 11 is 0. The lowest BCUT2D eigenvalue weighted by molar-refractivity contribution is -0.143. The lowest BCUT2D eigenvalue weighted by Gasteiger charge is -2.12. The summed E-state index contributed by atoms with van der Waals surface area (Å²) in [4.78, 5) is 30.7. The number of rotatable bonds is 6. The van der Waals surface area contributed by atoms with Crippen molar-refractivity contribution >= 4 is 45.0 Å². The molecular weight excluding hydrogens is 496 g/mol. The molecule has 6 aromatic rings. The van der Waals surface area contributed by atoms with Gasteiger partial charge in [0.2, 0.25) is 5.82 Å². The van der Waals surface area contributed by atoms with E-state index < -0.39 is 6.04 Å². The predicted octanol–water partition coefficient (Wildman–Crippen LogP) is 5.39. The minimum Gasteiger partial charge on any atom is -0.496 e. The number of hydrogen-bond acceptors (Lipinski definition) is 7. The maximum absolute atomic E-state index is 13.7. The highest BCUT2D eigenvalue weighted by molar-refractivity contribution is 6.00. The Labute approximate surface area is 222 Å². The molecule has 9 nitrogen and oxygen atoms in total. The summed E-state index contributed by atoms with van der Waals surface area (Å²) in [6, 6.07) is 21.5. The van der Waals surface area contributed by atoms with Crippen LogP contribution in [0.5, 0.6) is 5.75 Å². The first kappa shape index (κ1) is 24.2. The fraction of sp³-hybridized carbons (Fsp3) is 0.133. The highest BCUT2D eigenvalue weighted by atomic mass is 16.5. The Bertz CT molecular complexity index is 1960. The molecular formula is C30H24N4O5. The van der Waals surface area contributed by atoms with Gasteiger partial charge in [0.1, 0.15) is 17.4 Å². The van der Waals surface area contributed by atoms with E-state index in [0.717, 1.165) is 21.9 Å². The van der Waals surface area contributed by atoms with Gasteiger partial charge in [-0.2, -0.15) is 9.78 Å². The molecule has 0 unspecified atom stereocenters. The number of ether oxygens (including phenoxy) is 2. The van der Waals surface area contributed by atoms with Crippen LogP contribution in [-0.4, -0.2) is 40.6 Å². The molecule has 0 aliphatic heterocycles. The van der Waals surface area contributed by atoms with E-state index in [9.17, 15) is 9.59 Å². The molecule has 3 aromatic heterocycles. The third-order valence-electron chi connectivity index (χ3n) is 6.76. The number of carbonyl (C=O) groups excluding carboxylic acids is 1. The number of furan rings is 1. The molecule has 0 bridgehead atoms. The number of hydrogen-bond donors (Lipinski definition) is 0. The second-order valence-electron chi connectivity index (χ2n) is 9.00. The minimum atomic E-state index is -0.548. The van der Waals surface area contributed by atoms with Gasteiger partial charge < -0.3 is 18.5 Å². The summed E-state index contributed by atoms with van der Waals surface area (Å²) in [5, 5.41) is 6.65. The lowest BCUT2D eigenvalue weighted by Crippen LogP contribution is -2.20. The largest absolute Gasteiger partial charge is 0.496 e. The van der Waals surface area contributed by atoms with Crippen LogP contribution in [-0.2, 0) is 9.53 Å². The molecule has 194 valence electrons. The normalized spacial score (nSPS) is 12.5. The minimum absolute atomic E-state index is 0.250. The van der Waals surface area contributed by atoms with E-state index in [0.29, 0.717) is 28.0 Å². The van der Waals surface area contributed by atoms with Gasteiger partial charge in [0.05, 0.1) is 36.7 Å². The van der Waals surface area contributed by atoms with Crippen LogP contribution in [0.3, 0.4) is 0 Å². The monoisotopic (exact) mass is 520 g/mol. The maximum Gasteiger partial charge on any atom is 0.328 e. The first-order valence-electron chi connectivity index (χ1n) is 12.3. The van der Waals surface area contributed by atoms with Crippen LogP contribution in [0.25, 0.3) is 44.4 Å². The van der Waals surface area contributed by atoms with Gasteiger partial charge in [-0.05, 0) is 43.3 Å². The molecule has 0 saturated carbocycles. The molecule has 0 N–H and O–H groups in total. The number of benzene rings is 3. The van der Waals surface area contributed by atoms with Crippen molar-refractivity contribution in [2.45, 2.75) is 13.0 Å². The van der Waals surface area contributed by atoms with Crippen LogP contribution in [0, 0.1) is 0 Å². The van der Waals surface area contributed by atoms with Crippen LogP contribution < -0.4 is 10.3 Å². The van der Waals surface area contributed by atoms with Crippen molar-refractivity contribution in [3.63, 3.8) is 0 Å². The van der Waals surface area contributed by atoms with Gasteiger partial charge in [-0.1, -0.05) is 36.4 Å². The fourth-order valence-corrected chi connectivity index (χ4v) is 4.77. The standard InChI is InChI=1S/C30H24N4O5/c1-18(30(36)38-3)33-17-19(20-9-5-7-12-24(20)33)16-31-34-28(32-23-11-6-4-10-21(23)29(34)35)27-15-22-25(37-2)13-8-14-26(22)39-27/h4-18H,1-3H3/t18-/m0/s1. The Hall–Kier alpha value is -5.18. The van der Waals surface area contributed by atoms with Gasteiger partial charge >= 0.3 is 5.97 Å². The highest BCUT2D eigenvalue weighted by Gasteiger charge is 2.20. The fourth-order valence-electron chi connectivity index (χ4n) is 4.77. The predicted molar refractivity (Wildman–Crippen MR) is 149 cm³/mol. The zero-order chi connectivity index (χ0) is 27.1. The van der Waals surface area contributed by atoms with E-state index in [1.165, 1.54) is 11.8 Å². The molecule has 6 rings (SSSR count). The number of esters is 1. The van der Waals surface area contributed by atoms with Crippen molar-refractivity contribution in [3.05, 3.63) is 94.9 Å². The number of aromatic nitrogens is 3. The van der Waals surface area contributed by atoms with Crippen molar-refractivity contribution < 1.29 is 18.7 Å². The molecule has 0 aliphatic rings. The van der Waals surface area contributed by atoms with Gasteiger partial charge in [0.25, 0.3) is 5.56 Å². The number of fused-ring (bicyclic) bond motifs is 3. The summed E-state index contributed by atoms with van der Waals surface area (Å²) in [5.41, 5.74) is 2.34. The van der Waals surface area contributed by atoms with Crippen LogP contribution in [0.2, 0.25) is 0 Å². The molecule has 3 aromatic carbocycles. The number of carbonyl (C=O) groups is 1. The van der Waals surface area contributed by atoms with Crippen molar-refractivity contribution in [1.82, 2.24) is 14.2 Å². The zero-order valence-corrected chi connectivity index (χ0v) is 21.5. The van der Waals surface area contributed by atoms with E-state index in [1.807, 2.05) is 59.3 Å². The Balaban J connectivity index is 1.55. The van der Waals surface area contributed by atoms with Crippen LogP contribution >= 0.6 is 0 Å². The molecule has 0 radical (unpaired) electrons. The second-order valence-corrected chi connectivity index (χ2v) is 9.00.